The van der Waals surface area contributed by atoms with Crippen molar-refractivity contribution in [1.29, 1.82) is 0 Å². The van der Waals surface area contributed by atoms with Gasteiger partial charge in [0.1, 0.15) is 17.7 Å². The third-order valence-corrected chi connectivity index (χ3v) is 3.71. The highest BCUT2D eigenvalue weighted by atomic mass is 16.5. The molecule has 2 aromatic heterocycles. The Hall–Kier alpha value is -2.83. The summed E-state index contributed by atoms with van der Waals surface area (Å²) in [5.74, 6) is 2.71. The van der Waals surface area contributed by atoms with Gasteiger partial charge in [-0.05, 0) is 26.0 Å². The molecule has 0 aliphatic carbocycles. The van der Waals surface area contributed by atoms with Gasteiger partial charge in [-0.2, -0.15) is 4.98 Å². The number of rotatable bonds is 6. The van der Waals surface area contributed by atoms with E-state index in [1.807, 2.05) is 57.1 Å². The largest absolute Gasteiger partial charge is 0.489 e. The maximum atomic E-state index is 6.00. The average molecular weight is 341 g/mol. The average Bonchev–Trinajstić information content (AvgIpc) is 2.93. The summed E-state index contributed by atoms with van der Waals surface area (Å²) in [5, 5.41) is 3.29. The minimum atomic E-state index is -0.0456. The second kappa shape index (κ2) is 6.96. The molecule has 25 heavy (non-hydrogen) atoms. The predicted octanol–water partition coefficient (Wildman–Crippen LogP) is 3.18. The van der Waals surface area contributed by atoms with Crippen molar-refractivity contribution >= 4 is 22.7 Å². The summed E-state index contributed by atoms with van der Waals surface area (Å²) in [7, 11) is 4.01. The van der Waals surface area contributed by atoms with E-state index >= 15 is 0 Å². The van der Waals surface area contributed by atoms with Crippen molar-refractivity contribution in [2.24, 2.45) is 0 Å². The summed E-state index contributed by atoms with van der Waals surface area (Å²) >= 11 is 0. The fraction of sp³-hybridized carbons (Fsp3) is 0.389. The number of oxazole rings is 1. The molecule has 0 saturated carbocycles. The van der Waals surface area contributed by atoms with Crippen LogP contribution in [0.25, 0.3) is 11.2 Å². The molecule has 1 aromatic carbocycles. The molecule has 0 spiro atoms. The van der Waals surface area contributed by atoms with Gasteiger partial charge in [0.15, 0.2) is 17.2 Å². The van der Waals surface area contributed by atoms with Gasteiger partial charge >= 0.3 is 0 Å². The van der Waals surface area contributed by atoms with E-state index in [0.717, 1.165) is 11.4 Å². The number of aryl methyl sites for hydroxylation is 2. The molecule has 1 atom stereocenters. The van der Waals surface area contributed by atoms with E-state index in [0.29, 0.717) is 35.3 Å². The Labute approximate surface area is 147 Å². The Bertz CT molecular complexity index is 875. The molecule has 0 aliphatic rings. The number of anilines is 2. The van der Waals surface area contributed by atoms with Crippen LogP contribution in [-0.4, -0.2) is 41.7 Å². The first-order chi connectivity index (χ1) is 11.9. The van der Waals surface area contributed by atoms with Gasteiger partial charge in [0.2, 0.25) is 0 Å². The lowest BCUT2D eigenvalue weighted by molar-refractivity contribution is 0.235. The van der Waals surface area contributed by atoms with Crippen molar-refractivity contribution in [2.75, 3.05) is 30.9 Å². The molecule has 0 bridgehead atoms. The SMILES string of the molecule is Cc1nc(NC[C@@H](C)Oc2cccc(N(C)C)c2)c2nc(C)oc2n1. The van der Waals surface area contributed by atoms with Crippen molar-refractivity contribution in [2.45, 2.75) is 26.9 Å². The summed E-state index contributed by atoms with van der Waals surface area (Å²) in [5.41, 5.74) is 2.24. The van der Waals surface area contributed by atoms with Gasteiger partial charge in [-0.3, -0.25) is 0 Å². The zero-order valence-electron chi connectivity index (χ0n) is 15.2. The van der Waals surface area contributed by atoms with Gasteiger partial charge in [-0.25, -0.2) is 9.97 Å². The summed E-state index contributed by atoms with van der Waals surface area (Å²) in [6, 6.07) is 8.01. The van der Waals surface area contributed by atoms with Crippen LogP contribution < -0.4 is 15.0 Å². The quantitative estimate of drug-likeness (QED) is 0.738. The number of fused-ring (bicyclic) bond motifs is 1. The Morgan fingerprint density at radius 2 is 2.00 bits per heavy atom. The third-order valence-electron chi connectivity index (χ3n) is 3.71. The minimum Gasteiger partial charge on any atom is -0.489 e. The lowest BCUT2D eigenvalue weighted by Gasteiger charge is -2.18. The zero-order chi connectivity index (χ0) is 18.0. The van der Waals surface area contributed by atoms with Gasteiger partial charge in [0.25, 0.3) is 5.71 Å². The zero-order valence-corrected chi connectivity index (χ0v) is 15.2. The molecular formula is C18H23N5O2. The lowest BCUT2D eigenvalue weighted by atomic mass is 10.3. The molecule has 3 aromatic rings. The van der Waals surface area contributed by atoms with Crippen LogP contribution in [0.2, 0.25) is 0 Å². The molecule has 0 radical (unpaired) electrons. The van der Waals surface area contributed by atoms with E-state index in [9.17, 15) is 0 Å². The van der Waals surface area contributed by atoms with Crippen LogP contribution in [0.4, 0.5) is 11.5 Å². The molecule has 2 heterocycles. The molecule has 7 heteroatoms. The molecule has 0 fully saturated rings. The molecule has 7 nitrogen and oxygen atoms in total. The number of ether oxygens (including phenoxy) is 1. The van der Waals surface area contributed by atoms with Crippen LogP contribution in [0, 0.1) is 13.8 Å². The number of aromatic nitrogens is 3. The molecule has 0 unspecified atom stereocenters. The first kappa shape index (κ1) is 17.0. The standard InChI is InChI=1S/C18H23N5O2/c1-11(24-15-8-6-7-14(9-15)23(4)5)10-19-17-16-18(21-12(2)20-17)25-13(3)22-16/h6-9,11H,10H2,1-5H3,(H,19,20,21)/t11-/m1/s1. The van der Waals surface area contributed by atoms with Crippen molar-refractivity contribution in [3.63, 3.8) is 0 Å². The predicted molar refractivity (Wildman–Crippen MR) is 98.4 cm³/mol. The van der Waals surface area contributed by atoms with E-state index in [-0.39, 0.29) is 6.10 Å². The van der Waals surface area contributed by atoms with Crippen LogP contribution in [0.15, 0.2) is 28.7 Å². The number of nitrogens with zero attached hydrogens (tertiary/aromatic N) is 4. The van der Waals surface area contributed by atoms with Gasteiger partial charge in [0, 0.05) is 32.8 Å². The fourth-order valence-corrected chi connectivity index (χ4v) is 2.51. The number of nitrogens with one attached hydrogen (secondary N) is 1. The van der Waals surface area contributed by atoms with Gasteiger partial charge < -0.3 is 19.4 Å². The summed E-state index contributed by atoms with van der Waals surface area (Å²) in [4.78, 5) is 15.1. The van der Waals surface area contributed by atoms with Gasteiger partial charge in [-0.1, -0.05) is 6.07 Å². The molecule has 1 N–H and O–H groups in total. The van der Waals surface area contributed by atoms with Crippen LogP contribution in [-0.2, 0) is 0 Å². The number of benzene rings is 1. The number of hydrogen-bond donors (Lipinski definition) is 1. The Kier molecular flexibility index (Phi) is 4.74. The maximum absolute atomic E-state index is 6.00. The van der Waals surface area contributed by atoms with Gasteiger partial charge in [0.05, 0.1) is 6.54 Å². The minimum absolute atomic E-state index is 0.0456. The molecule has 0 saturated heterocycles. The summed E-state index contributed by atoms with van der Waals surface area (Å²) in [6.45, 7) is 6.22. The van der Waals surface area contributed by atoms with Crippen molar-refractivity contribution in [3.05, 3.63) is 36.0 Å². The normalized spacial score (nSPS) is 12.2. The highest BCUT2D eigenvalue weighted by molar-refractivity contribution is 5.81. The van der Waals surface area contributed by atoms with Crippen molar-refractivity contribution in [1.82, 2.24) is 15.0 Å². The monoisotopic (exact) mass is 341 g/mol. The van der Waals surface area contributed by atoms with E-state index in [1.165, 1.54) is 0 Å². The van der Waals surface area contributed by atoms with E-state index < -0.39 is 0 Å². The first-order valence-corrected chi connectivity index (χ1v) is 8.22. The highest BCUT2D eigenvalue weighted by Gasteiger charge is 2.13. The van der Waals surface area contributed by atoms with Crippen LogP contribution in [0.5, 0.6) is 5.75 Å². The summed E-state index contributed by atoms with van der Waals surface area (Å²) in [6.07, 6.45) is -0.0456. The molecule has 132 valence electrons. The van der Waals surface area contributed by atoms with Crippen molar-refractivity contribution < 1.29 is 9.15 Å². The van der Waals surface area contributed by atoms with Crippen LogP contribution in [0.3, 0.4) is 0 Å². The smallest absolute Gasteiger partial charge is 0.252 e. The maximum Gasteiger partial charge on any atom is 0.252 e. The molecule has 0 aliphatic heterocycles. The second-order valence-electron chi connectivity index (χ2n) is 6.21. The van der Waals surface area contributed by atoms with E-state index in [2.05, 4.69) is 20.3 Å². The highest BCUT2D eigenvalue weighted by Crippen LogP contribution is 2.22. The Morgan fingerprint density at radius 3 is 2.76 bits per heavy atom. The molecular weight excluding hydrogens is 318 g/mol. The number of hydrogen-bond acceptors (Lipinski definition) is 7. The van der Waals surface area contributed by atoms with Crippen molar-refractivity contribution in [3.8, 4) is 5.75 Å². The Morgan fingerprint density at radius 1 is 1.20 bits per heavy atom. The summed E-state index contributed by atoms with van der Waals surface area (Å²) < 4.78 is 11.5. The first-order valence-electron chi connectivity index (χ1n) is 8.22. The topological polar surface area (TPSA) is 76.3 Å². The van der Waals surface area contributed by atoms with Gasteiger partial charge in [-0.15, -0.1) is 0 Å². The third kappa shape index (κ3) is 3.99. The lowest BCUT2D eigenvalue weighted by Crippen LogP contribution is -2.23. The second-order valence-corrected chi connectivity index (χ2v) is 6.21. The fourth-order valence-electron chi connectivity index (χ4n) is 2.51. The van der Waals surface area contributed by atoms with Crippen LogP contribution >= 0.6 is 0 Å². The van der Waals surface area contributed by atoms with Crippen LogP contribution in [0.1, 0.15) is 18.6 Å². The Balaban J connectivity index is 1.68. The van der Waals surface area contributed by atoms with E-state index in [4.69, 9.17) is 9.15 Å². The molecule has 3 rings (SSSR count). The molecule has 0 amide bonds. The van der Waals surface area contributed by atoms with E-state index in [1.54, 1.807) is 6.92 Å².